The molecule has 0 radical (unpaired) electrons. The molecule has 6 saturated heterocycles. The van der Waals surface area contributed by atoms with Crippen molar-refractivity contribution < 1.29 is 53.5 Å². The Kier molecular flexibility index (Phi) is 11.9. The van der Waals surface area contributed by atoms with Crippen LogP contribution in [0.3, 0.4) is 0 Å². The van der Waals surface area contributed by atoms with E-state index in [2.05, 4.69) is 20.0 Å². The highest BCUT2D eigenvalue weighted by atomic mass is 28.6. The summed E-state index contributed by atoms with van der Waals surface area (Å²) >= 11 is 0. The molecule has 13 nitrogen and oxygen atoms in total. The molecule has 6 aliphatic heterocycles. The normalized spacial score (nSPS) is 47.9. The lowest BCUT2D eigenvalue weighted by atomic mass is 10.4. The van der Waals surface area contributed by atoms with Crippen molar-refractivity contribution in [1.82, 2.24) is 0 Å². The Morgan fingerprint density at radius 2 is 0.500 bits per heavy atom. The quantitative estimate of drug-likeness (QED) is 0.183. The summed E-state index contributed by atoms with van der Waals surface area (Å²) in [5.41, 5.74) is 0.224. The molecule has 0 amide bonds. The summed E-state index contributed by atoms with van der Waals surface area (Å²) in [5.74, 6) is 0. The predicted octanol–water partition coefficient (Wildman–Crippen LogP) is 11.5. The molecule has 22 heteroatoms. The molecular weight excluding hydrogens is 941 g/mol. The third-order valence-electron chi connectivity index (χ3n) is 17.6. The Morgan fingerprint density at radius 1 is 0.323 bits per heavy atom. The summed E-state index contributed by atoms with van der Waals surface area (Å²) in [6.45, 7) is 6.88. The molecular formula is C40H76O13Si9. The SMILES string of the molecule is CCC[Si](C)(C)O[Si]12O[Si]3(C4CCCC4)O[Si]4(C5CCCC5)O[Si](C5CCCC5)(O1)O[Si]1(C5CCCC5)O[Si](C5CCCC5)(O2)O[Si](C2CCCC2)(O3)O[Si](C2CCCC2)(O4)O1. The van der Waals surface area contributed by atoms with Crippen LogP contribution >= 0.6 is 0 Å². The average Bonchev–Trinajstić information content (AvgIpc) is 4.07. The molecule has 0 aromatic carbocycles. The fraction of sp³-hybridized carbons (Fsp3) is 1.00. The van der Waals surface area contributed by atoms with E-state index in [4.69, 9.17) is 53.5 Å². The lowest BCUT2D eigenvalue weighted by Gasteiger charge is -2.66. The average molecular weight is 1020 g/mol. The van der Waals surface area contributed by atoms with Crippen molar-refractivity contribution in [2.45, 2.75) is 251 Å². The molecule has 13 aliphatic rings. The van der Waals surface area contributed by atoms with Crippen LogP contribution in [0.15, 0.2) is 0 Å². The molecule has 0 aromatic heterocycles. The van der Waals surface area contributed by atoms with E-state index in [0.717, 1.165) is 192 Å². The maximum atomic E-state index is 8.47. The van der Waals surface area contributed by atoms with Gasteiger partial charge in [0.15, 0.2) is 8.32 Å². The topological polar surface area (TPSA) is 120 Å². The second kappa shape index (κ2) is 16.5. The first-order valence-electron chi connectivity index (χ1n) is 26.1. The van der Waals surface area contributed by atoms with Crippen molar-refractivity contribution in [3.63, 3.8) is 0 Å². The van der Waals surface area contributed by atoms with E-state index in [-0.39, 0.29) is 38.8 Å². The van der Waals surface area contributed by atoms with Gasteiger partial charge in [-0.15, -0.1) is 0 Å². The van der Waals surface area contributed by atoms with Crippen LogP contribution in [0.1, 0.15) is 193 Å². The van der Waals surface area contributed by atoms with E-state index in [9.17, 15) is 0 Å². The first-order valence-corrected chi connectivity index (χ1v) is 43.5. The van der Waals surface area contributed by atoms with Gasteiger partial charge in [-0.05, 0) is 109 Å². The van der Waals surface area contributed by atoms with Crippen molar-refractivity contribution in [2.75, 3.05) is 0 Å². The molecule has 0 aromatic rings. The van der Waals surface area contributed by atoms with Gasteiger partial charge in [-0.3, -0.25) is 0 Å². The van der Waals surface area contributed by atoms with Gasteiger partial charge in [0.2, 0.25) is 0 Å². The van der Waals surface area contributed by atoms with Gasteiger partial charge >= 0.3 is 70.7 Å². The molecule has 62 heavy (non-hydrogen) atoms. The van der Waals surface area contributed by atoms with Gasteiger partial charge in [-0.2, -0.15) is 0 Å². The molecule has 0 atom stereocenters. The van der Waals surface area contributed by atoms with Crippen molar-refractivity contribution in [3.8, 4) is 0 Å². The van der Waals surface area contributed by atoms with Crippen molar-refractivity contribution >= 4 is 79.0 Å². The summed E-state index contributed by atoms with van der Waals surface area (Å²) in [6.07, 6.45) is 29.9. The summed E-state index contributed by atoms with van der Waals surface area (Å²) < 4.78 is 109. The van der Waals surface area contributed by atoms with Crippen LogP contribution < -0.4 is 0 Å². The molecule has 13 fully saturated rings. The van der Waals surface area contributed by atoms with E-state index >= 15 is 0 Å². The van der Waals surface area contributed by atoms with Gasteiger partial charge in [0.25, 0.3) is 0 Å². The van der Waals surface area contributed by atoms with Crippen LogP contribution in [-0.2, 0) is 53.5 Å². The molecule has 7 aliphatic carbocycles. The van der Waals surface area contributed by atoms with E-state index in [1.165, 1.54) is 0 Å². The Balaban J connectivity index is 1.19. The Labute approximate surface area is 381 Å². The molecule has 13 rings (SSSR count). The minimum absolute atomic E-state index is 0.00428. The second-order valence-corrected chi connectivity index (χ2v) is 52.2. The molecule has 8 bridgehead atoms. The summed E-state index contributed by atoms with van der Waals surface area (Å²) in [6, 6.07) is 0.935. The lowest BCUT2D eigenvalue weighted by Crippen LogP contribution is -2.91. The van der Waals surface area contributed by atoms with Crippen molar-refractivity contribution in [1.29, 1.82) is 0 Å². The second-order valence-electron chi connectivity index (χ2n) is 22.4. The van der Waals surface area contributed by atoms with E-state index in [0.29, 0.717) is 0 Å². The number of hydrogen-bond donors (Lipinski definition) is 0. The Bertz CT molecular complexity index is 1470. The maximum absolute atomic E-state index is 8.47. The molecule has 0 unspecified atom stereocenters. The van der Waals surface area contributed by atoms with Gasteiger partial charge in [-0.25, -0.2) is 0 Å². The standard InChI is InChI=1S/C40H76O13Si9/c1-4-33-54(2,3)41-62-51-59(38-27-13-14-28-38)45-56(35-21-7-8-22-35)42-55(34-19-5-6-20-34)43-57(47-59,36-23-9-10-24-36)49-61(53-62,40-31-17-18-32-40)50-58(44-55,37-25-11-12-26-37)48-60(46-56,52-62)39-29-15-16-30-39/h34-40H,4-33H2,1-3H3. The van der Waals surface area contributed by atoms with Crippen LogP contribution in [0.2, 0.25) is 57.9 Å². The highest BCUT2D eigenvalue weighted by Crippen LogP contribution is 2.66. The minimum Gasteiger partial charge on any atom is -0.395 e. The van der Waals surface area contributed by atoms with Gasteiger partial charge in [0.1, 0.15) is 0 Å². The monoisotopic (exact) mass is 1020 g/mol. The van der Waals surface area contributed by atoms with Gasteiger partial charge in [0, 0.05) is 38.8 Å². The number of hydrogen-bond acceptors (Lipinski definition) is 13. The first kappa shape index (κ1) is 44.6. The molecule has 0 spiro atoms. The van der Waals surface area contributed by atoms with Crippen LogP contribution in [0.5, 0.6) is 0 Å². The van der Waals surface area contributed by atoms with Gasteiger partial charge in [-0.1, -0.05) is 103 Å². The van der Waals surface area contributed by atoms with Crippen molar-refractivity contribution in [3.05, 3.63) is 0 Å². The van der Waals surface area contributed by atoms with E-state index in [1.807, 2.05) is 0 Å². The number of rotatable bonds is 11. The fourth-order valence-corrected chi connectivity index (χ4v) is 73.8. The largest absolute Gasteiger partial charge is 0.646 e. The summed E-state index contributed by atoms with van der Waals surface area (Å²) in [4.78, 5) is 0. The summed E-state index contributed by atoms with van der Waals surface area (Å²) in [7, 11) is -34.7. The highest BCUT2D eigenvalue weighted by Gasteiger charge is 2.89. The van der Waals surface area contributed by atoms with Gasteiger partial charge < -0.3 is 53.5 Å². The Hall–Kier alpha value is 1.43. The van der Waals surface area contributed by atoms with Crippen LogP contribution in [0.25, 0.3) is 0 Å². The third-order valence-corrected chi connectivity index (χ3v) is 60.5. The zero-order valence-electron chi connectivity index (χ0n) is 38.1. The lowest BCUT2D eigenvalue weighted by molar-refractivity contribution is -0.0610. The van der Waals surface area contributed by atoms with E-state index < -0.39 is 79.0 Å². The maximum Gasteiger partial charge on any atom is 0.646 e. The van der Waals surface area contributed by atoms with Crippen LogP contribution in [0, 0.1) is 0 Å². The molecule has 6 heterocycles. The zero-order valence-corrected chi connectivity index (χ0v) is 47.1. The molecule has 7 saturated carbocycles. The molecule has 0 N–H and O–H groups in total. The Morgan fingerprint density at radius 3 is 0.677 bits per heavy atom. The third kappa shape index (κ3) is 7.37. The fourth-order valence-electron chi connectivity index (χ4n) is 14.6. The smallest absolute Gasteiger partial charge is 0.395 e. The highest BCUT2D eigenvalue weighted by molar-refractivity contribution is 7.04. The van der Waals surface area contributed by atoms with Crippen LogP contribution in [-0.4, -0.2) is 79.0 Å². The predicted molar refractivity (Wildman–Crippen MR) is 248 cm³/mol. The van der Waals surface area contributed by atoms with Crippen molar-refractivity contribution in [2.24, 2.45) is 0 Å². The molecule has 350 valence electrons. The van der Waals surface area contributed by atoms with E-state index in [1.54, 1.807) is 0 Å². The summed E-state index contributed by atoms with van der Waals surface area (Å²) in [5, 5.41) is 0. The van der Waals surface area contributed by atoms with Crippen LogP contribution in [0.4, 0.5) is 0 Å². The van der Waals surface area contributed by atoms with Gasteiger partial charge in [0.05, 0.1) is 0 Å². The minimum atomic E-state index is -4.40. The zero-order chi connectivity index (χ0) is 41.9. The first-order chi connectivity index (χ1) is 30.0.